The maximum absolute atomic E-state index is 9.85. The van der Waals surface area contributed by atoms with E-state index in [0.29, 0.717) is 18.1 Å². The summed E-state index contributed by atoms with van der Waals surface area (Å²) in [6.45, 7) is 3.79. The number of rotatable bonds is 4. The van der Waals surface area contributed by atoms with E-state index in [4.69, 9.17) is 8.94 Å². The van der Waals surface area contributed by atoms with Gasteiger partial charge in [-0.25, -0.2) is 0 Å². The number of aliphatic hydroxyl groups is 1. The number of aromatic nitrogens is 2. The molecular formula is C15H16N2O3. The number of hydrogen-bond donors (Lipinski definition) is 1. The van der Waals surface area contributed by atoms with Gasteiger partial charge in [-0.3, -0.25) is 0 Å². The lowest BCUT2D eigenvalue weighted by molar-refractivity contribution is 0.129. The molecule has 0 aliphatic rings. The van der Waals surface area contributed by atoms with Crippen LogP contribution in [0.5, 0.6) is 0 Å². The van der Waals surface area contributed by atoms with Crippen molar-refractivity contribution in [2.75, 3.05) is 0 Å². The van der Waals surface area contributed by atoms with Gasteiger partial charge in [0.2, 0.25) is 11.7 Å². The molecule has 5 nitrogen and oxygen atoms in total. The van der Waals surface area contributed by atoms with Crippen LogP contribution >= 0.6 is 0 Å². The Morgan fingerprint density at radius 2 is 2.10 bits per heavy atom. The quantitative estimate of drug-likeness (QED) is 0.788. The summed E-state index contributed by atoms with van der Waals surface area (Å²) in [7, 11) is 0. The van der Waals surface area contributed by atoms with E-state index in [2.05, 4.69) is 10.1 Å². The van der Waals surface area contributed by atoms with E-state index >= 15 is 0 Å². The molecular weight excluding hydrogens is 256 g/mol. The zero-order valence-corrected chi connectivity index (χ0v) is 11.4. The standard InChI is InChI=1S/C15H16N2O3/c1-3-12(18)9(2)15-16-14(17-20-15)11-8-19-13-7-5-4-6-10(11)13/h4-9,12,18H,3H2,1-2H3. The number of nitrogens with zero attached hydrogens (tertiary/aromatic N) is 2. The number of fused-ring (bicyclic) bond motifs is 1. The molecule has 0 spiro atoms. The van der Waals surface area contributed by atoms with Crippen molar-refractivity contribution in [2.45, 2.75) is 32.3 Å². The summed E-state index contributed by atoms with van der Waals surface area (Å²) in [5, 5.41) is 14.8. The minimum atomic E-state index is -0.482. The van der Waals surface area contributed by atoms with E-state index in [0.717, 1.165) is 16.5 Å². The predicted molar refractivity (Wildman–Crippen MR) is 74.2 cm³/mol. The molecule has 0 radical (unpaired) electrons. The van der Waals surface area contributed by atoms with Crippen molar-refractivity contribution in [1.82, 2.24) is 10.1 Å². The average molecular weight is 272 g/mol. The SMILES string of the molecule is CCC(O)C(C)c1nc(-c2coc3ccccc23)no1. The molecule has 2 heterocycles. The second-order valence-corrected chi connectivity index (χ2v) is 4.87. The van der Waals surface area contributed by atoms with Crippen molar-refractivity contribution in [3.8, 4) is 11.4 Å². The lowest BCUT2D eigenvalue weighted by Gasteiger charge is -2.11. The molecule has 3 aromatic rings. The monoisotopic (exact) mass is 272 g/mol. The summed E-state index contributed by atoms with van der Waals surface area (Å²) >= 11 is 0. The Balaban J connectivity index is 1.98. The van der Waals surface area contributed by atoms with Crippen LogP contribution in [-0.4, -0.2) is 21.4 Å². The average Bonchev–Trinajstić information content (AvgIpc) is 3.11. The van der Waals surface area contributed by atoms with Gasteiger partial charge in [-0.2, -0.15) is 4.98 Å². The molecule has 3 rings (SSSR count). The Kier molecular flexibility index (Phi) is 3.28. The molecule has 1 N–H and O–H groups in total. The number of furan rings is 1. The highest BCUT2D eigenvalue weighted by Gasteiger charge is 2.22. The molecule has 5 heteroatoms. The van der Waals surface area contributed by atoms with Gasteiger partial charge in [-0.05, 0) is 12.5 Å². The van der Waals surface area contributed by atoms with Gasteiger partial charge in [0.1, 0.15) is 11.8 Å². The van der Waals surface area contributed by atoms with E-state index in [1.807, 2.05) is 38.1 Å². The first-order chi connectivity index (χ1) is 9.70. The van der Waals surface area contributed by atoms with Crippen LogP contribution in [0.25, 0.3) is 22.4 Å². The summed E-state index contributed by atoms with van der Waals surface area (Å²) in [6.07, 6.45) is 1.79. The van der Waals surface area contributed by atoms with Crippen LogP contribution in [0.4, 0.5) is 0 Å². The Hall–Kier alpha value is -2.14. The molecule has 0 aliphatic carbocycles. The van der Waals surface area contributed by atoms with E-state index in [9.17, 15) is 5.11 Å². The van der Waals surface area contributed by atoms with Crippen LogP contribution in [0.2, 0.25) is 0 Å². The van der Waals surface area contributed by atoms with Gasteiger partial charge in [0.05, 0.1) is 17.6 Å². The van der Waals surface area contributed by atoms with Crippen LogP contribution < -0.4 is 0 Å². The number of hydrogen-bond acceptors (Lipinski definition) is 5. The fraction of sp³-hybridized carbons (Fsp3) is 0.333. The molecule has 0 aliphatic heterocycles. The van der Waals surface area contributed by atoms with Gasteiger partial charge in [0.25, 0.3) is 0 Å². The van der Waals surface area contributed by atoms with Crippen LogP contribution in [-0.2, 0) is 0 Å². The van der Waals surface area contributed by atoms with Gasteiger partial charge in [0, 0.05) is 5.39 Å². The zero-order valence-electron chi connectivity index (χ0n) is 11.4. The summed E-state index contributed by atoms with van der Waals surface area (Å²) in [4.78, 5) is 4.37. The van der Waals surface area contributed by atoms with Crippen LogP contribution in [0.1, 0.15) is 32.1 Å². The largest absolute Gasteiger partial charge is 0.464 e. The molecule has 20 heavy (non-hydrogen) atoms. The van der Waals surface area contributed by atoms with E-state index < -0.39 is 6.10 Å². The zero-order chi connectivity index (χ0) is 14.1. The van der Waals surface area contributed by atoms with E-state index in [-0.39, 0.29) is 5.92 Å². The number of para-hydroxylation sites is 1. The molecule has 2 aromatic heterocycles. The molecule has 0 bridgehead atoms. The summed E-state index contributed by atoms with van der Waals surface area (Å²) in [5.74, 6) is 0.749. The smallest absolute Gasteiger partial charge is 0.232 e. The Bertz CT molecular complexity index is 717. The molecule has 0 saturated carbocycles. The van der Waals surface area contributed by atoms with E-state index in [1.54, 1.807) is 6.26 Å². The van der Waals surface area contributed by atoms with Crippen LogP contribution in [0.3, 0.4) is 0 Å². The first-order valence-corrected chi connectivity index (χ1v) is 6.69. The van der Waals surface area contributed by atoms with Crippen molar-refractivity contribution in [3.05, 3.63) is 36.4 Å². The third-order valence-corrected chi connectivity index (χ3v) is 3.55. The molecule has 0 amide bonds. The summed E-state index contributed by atoms with van der Waals surface area (Å²) in [6, 6.07) is 7.70. The lowest BCUT2D eigenvalue weighted by atomic mass is 10.0. The van der Waals surface area contributed by atoms with Gasteiger partial charge in [0.15, 0.2) is 0 Å². The second-order valence-electron chi connectivity index (χ2n) is 4.87. The lowest BCUT2D eigenvalue weighted by Crippen LogP contribution is -2.14. The van der Waals surface area contributed by atoms with Gasteiger partial charge < -0.3 is 14.0 Å². The molecule has 0 fully saturated rings. The van der Waals surface area contributed by atoms with Gasteiger partial charge in [-0.1, -0.05) is 37.2 Å². The second kappa shape index (κ2) is 5.09. The number of benzene rings is 1. The molecule has 2 unspecified atom stereocenters. The Morgan fingerprint density at radius 1 is 1.30 bits per heavy atom. The molecule has 104 valence electrons. The first-order valence-electron chi connectivity index (χ1n) is 6.69. The van der Waals surface area contributed by atoms with Crippen molar-refractivity contribution < 1.29 is 14.0 Å². The Morgan fingerprint density at radius 3 is 2.90 bits per heavy atom. The third kappa shape index (κ3) is 2.10. The van der Waals surface area contributed by atoms with E-state index in [1.165, 1.54) is 0 Å². The third-order valence-electron chi connectivity index (χ3n) is 3.55. The highest BCUT2D eigenvalue weighted by atomic mass is 16.5. The molecule has 0 saturated heterocycles. The van der Waals surface area contributed by atoms with Gasteiger partial charge >= 0.3 is 0 Å². The van der Waals surface area contributed by atoms with Crippen molar-refractivity contribution in [1.29, 1.82) is 0 Å². The van der Waals surface area contributed by atoms with Crippen molar-refractivity contribution >= 4 is 11.0 Å². The summed E-state index contributed by atoms with van der Waals surface area (Å²) < 4.78 is 10.7. The molecule has 1 aromatic carbocycles. The maximum Gasteiger partial charge on any atom is 0.232 e. The minimum Gasteiger partial charge on any atom is -0.464 e. The number of aliphatic hydroxyl groups excluding tert-OH is 1. The van der Waals surface area contributed by atoms with Crippen LogP contribution in [0.15, 0.2) is 39.5 Å². The first kappa shape index (κ1) is 12.9. The minimum absolute atomic E-state index is 0.181. The fourth-order valence-corrected chi connectivity index (χ4v) is 2.20. The predicted octanol–water partition coefficient (Wildman–Crippen LogP) is 3.36. The summed E-state index contributed by atoms with van der Waals surface area (Å²) in [5.41, 5.74) is 1.59. The fourth-order valence-electron chi connectivity index (χ4n) is 2.20. The highest BCUT2D eigenvalue weighted by molar-refractivity contribution is 5.91. The van der Waals surface area contributed by atoms with Crippen molar-refractivity contribution in [2.24, 2.45) is 0 Å². The normalized spacial score (nSPS) is 14.6. The van der Waals surface area contributed by atoms with Crippen molar-refractivity contribution in [3.63, 3.8) is 0 Å². The Labute approximate surface area is 116 Å². The van der Waals surface area contributed by atoms with Crippen LogP contribution in [0, 0.1) is 0 Å². The van der Waals surface area contributed by atoms with Gasteiger partial charge in [-0.15, -0.1) is 0 Å². The molecule has 2 atom stereocenters. The highest BCUT2D eigenvalue weighted by Crippen LogP contribution is 2.30. The maximum atomic E-state index is 9.85. The topological polar surface area (TPSA) is 72.3 Å².